The summed E-state index contributed by atoms with van der Waals surface area (Å²) in [6, 6.07) is 6.17. The summed E-state index contributed by atoms with van der Waals surface area (Å²) in [6.07, 6.45) is 0.648. The van der Waals surface area contributed by atoms with Crippen molar-refractivity contribution in [1.29, 1.82) is 0 Å². The Balaban J connectivity index is 1.60. The smallest absolute Gasteiger partial charge is 0.414 e. The lowest BCUT2D eigenvalue weighted by atomic mass is 9.96. The fourth-order valence-electron chi connectivity index (χ4n) is 3.27. The number of amides is 1. The van der Waals surface area contributed by atoms with Gasteiger partial charge in [0.2, 0.25) is 5.13 Å². The van der Waals surface area contributed by atoms with Crippen molar-refractivity contribution in [2.24, 2.45) is 0 Å². The highest BCUT2D eigenvalue weighted by Gasteiger charge is 2.29. The number of benzene rings is 1. The van der Waals surface area contributed by atoms with E-state index in [0.717, 1.165) is 36.2 Å². The van der Waals surface area contributed by atoms with Gasteiger partial charge in [-0.1, -0.05) is 32.9 Å². The minimum Gasteiger partial charge on any atom is -0.447 e. The standard InChI is InChI=1S/C18H22N4O2S/c1-18(2,3)15-19-16(25-20-15)21-8-7-13-12(11-21)5-4-6-14(13)22-9-10-24-17(22)23/h4-6H,7-11H2,1-3H3. The van der Waals surface area contributed by atoms with Crippen molar-refractivity contribution in [2.45, 2.75) is 39.2 Å². The maximum absolute atomic E-state index is 11.9. The van der Waals surface area contributed by atoms with Crippen LogP contribution in [-0.2, 0) is 23.1 Å². The van der Waals surface area contributed by atoms with Crippen molar-refractivity contribution in [3.63, 3.8) is 0 Å². The molecule has 0 unspecified atom stereocenters. The number of carbonyl (C=O) groups is 1. The molecule has 0 bridgehead atoms. The van der Waals surface area contributed by atoms with Crippen LogP contribution in [0.5, 0.6) is 0 Å². The molecule has 132 valence electrons. The third kappa shape index (κ3) is 2.97. The maximum atomic E-state index is 11.9. The highest BCUT2D eigenvalue weighted by Crippen LogP contribution is 2.33. The fourth-order valence-corrected chi connectivity index (χ4v) is 4.15. The van der Waals surface area contributed by atoms with Gasteiger partial charge in [0.25, 0.3) is 0 Å². The lowest BCUT2D eigenvalue weighted by Crippen LogP contribution is -2.33. The molecule has 0 aliphatic carbocycles. The number of nitrogens with zero attached hydrogens (tertiary/aromatic N) is 4. The van der Waals surface area contributed by atoms with Gasteiger partial charge < -0.3 is 9.64 Å². The summed E-state index contributed by atoms with van der Waals surface area (Å²) >= 11 is 1.47. The number of ether oxygens (including phenoxy) is 1. The van der Waals surface area contributed by atoms with E-state index in [4.69, 9.17) is 9.72 Å². The first-order valence-electron chi connectivity index (χ1n) is 8.58. The quantitative estimate of drug-likeness (QED) is 0.824. The molecule has 25 heavy (non-hydrogen) atoms. The fraction of sp³-hybridized carbons (Fsp3) is 0.500. The Kier molecular flexibility index (Phi) is 3.91. The molecule has 1 aromatic carbocycles. The van der Waals surface area contributed by atoms with Crippen molar-refractivity contribution < 1.29 is 9.53 Å². The van der Waals surface area contributed by atoms with Crippen LogP contribution in [0.1, 0.15) is 37.7 Å². The molecule has 2 aliphatic heterocycles. The number of rotatable bonds is 2. The zero-order valence-corrected chi connectivity index (χ0v) is 15.6. The van der Waals surface area contributed by atoms with Crippen LogP contribution in [0.3, 0.4) is 0 Å². The van der Waals surface area contributed by atoms with E-state index < -0.39 is 0 Å². The maximum Gasteiger partial charge on any atom is 0.414 e. The van der Waals surface area contributed by atoms with Crippen LogP contribution in [0.25, 0.3) is 0 Å². The van der Waals surface area contributed by atoms with E-state index in [1.54, 1.807) is 4.90 Å². The van der Waals surface area contributed by atoms with Crippen LogP contribution in [0.15, 0.2) is 18.2 Å². The van der Waals surface area contributed by atoms with E-state index in [0.29, 0.717) is 13.2 Å². The summed E-state index contributed by atoms with van der Waals surface area (Å²) in [7, 11) is 0. The average molecular weight is 358 g/mol. The predicted octanol–water partition coefficient (Wildman–Crippen LogP) is 3.35. The van der Waals surface area contributed by atoms with Crippen molar-refractivity contribution >= 4 is 28.4 Å². The predicted molar refractivity (Wildman–Crippen MR) is 98.5 cm³/mol. The molecule has 0 N–H and O–H groups in total. The van der Waals surface area contributed by atoms with Crippen molar-refractivity contribution in [3.05, 3.63) is 35.2 Å². The minimum absolute atomic E-state index is 0.0360. The lowest BCUT2D eigenvalue weighted by molar-refractivity contribution is 0.181. The molecule has 1 amide bonds. The summed E-state index contributed by atoms with van der Waals surface area (Å²) in [5.41, 5.74) is 3.45. The average Bonchev–Trinajstić information content (AvgIpc) is 3.22. The summed E-state index contributed by atoms with van der Waals surface area (Å²) in [4.78, 5) is 20.7. The second kappa shape index (κ2) is 5.98. The monoisotopic (exact) mass is 358 g/mol. The van der Waals surface area contributed by atoms with E-state index in [1.165, 1.54) is 22.7 Å². The van der Waals surface area contributed by atoms with E-state index in [1.807, 2.05) is 12.1 Å². The van der Waals surface area contributed by atoms with E-state index in [2.05, 4.69) is 36.1 Å². The Bertz CT molecular complexity index is 812. The number of cyclic esters (lactones) is 1. The first-order chi connectivity index (χ1) is 11.9. The Morgan fingerprint density at radius 3 is 2.76 bits per heavy atom. The molecule has 0 atom stereocenters. The highest BCUT2D eigenvalue weighted by atomic mass is 32.1. The molecule has 0 saturated carbocycles. The van der Waals surface area contributed by atoms with Crippen LogP contribution in [0.2, 0.25) is 0 Å². The molecule has 6 nitrogen and oxygen atoms in total. The Morgan fingerprint density at radius 2 is 2.08 bits per heavy atom. The minimum atomic E-state index is -0.241. The topological polar surface area (TPSA) is 58.6 Å². The van der Waals surface area contributed by atoms with Crippen LogP contribution in [-0.4, -0.2) is 35.1 Å². The van der Waals surface area contributed by atoms with Gasteiger partial charge in [0.05, 0.1) is 12.2 Å². The SMILES string of the molecule is CC(C)(C)c1nsc(N2CCc3c(cccc3N3CCOC3=O)C2)n1. The van der Waals surface area contributed by atoms with Gasteiger partial charge in [-0.2, -0.15) is 4.37 Å². The number of hydrogen-bond donors (Lipinski definition) is 0. The molecule has 3 heterocycles. The number of carbonyl (C=O) groups excluding carboxylic acids is 1. The molecule has 2 aliphatic rings. The van der Waals surface area contributed by atoms with Crippen molar-refractivity contribution in [2.75, 3.05) is 29.5 Å². The van der Waals surface area contributed by atoms with Gasteiger partial charge in [-0.3, -0.25) is 4.90 Å². The summed E-state index contributed by atoms with van der Waals surface area (Å²) in [6.45, 7) is 9.17. The van der Waals surface area contributed by atoms with E-state index in [9.17, 15) is 4.79 Å². The first kappa shape index (κ1) is 16.3. The normalized spacial score (nSPS) is 17.6. The summed E-state index contributed by atoms with van der Waals surface area (Å²) < 4.78 is 9.62. The molecule has 1 fully saturated rings. The number of aromatic nitrogens is 2. The van der Waals surface area contributed by atoms with Crippen molar-refractivity contribution in [3.8, 4) is 0 Å². The van der Waals surface area contributed by atoms with Gasteiger partial charge in [0.1, 0.15) is 12.4 Å². The Hall–Kier alpha value is -2.15. The molecule has 7 heteroatoms. The molecule has 1 saturated heterocycles. The number of anilines is 2. The second-order valence-electron chi connectivity index (χ2n) is 7.50. The molecule has 0 spiro atoms. The molecule has 4 rings (SSSR count). The van der Waals surface area contributed by atoms with E-state index >= 15 is 0 Å². The zero-order valence-electron chi connectivity index (χ0n) is 14.8. The van der Waals surface area contributed by atoms with Crippen LogP contribution >= 0.6 is 11.5 Å². The Labute approximate surface area is 151 Å². The second-order valence-corrected chi connectivity index (χ2v) is 8.23. The molecule has 2 aromatic rings. The lowest BCUT2D eigenvalue weighted by Gasteiger charge is -2.30. The largest absolute Gasteiger partial charge is 0.447 e. The van der Waals surface area contributed by atoms with Crippen molar-refractivity contribution in [1.82, 2.24) is 9.36 Å². The van der Waals surface area contributed by atoms with Gasteiger partial charge >= 0.3 is 6.09 Å². The summed E-state index contributed by atoms with van der Waals surface area (Å²) in [5, 5.41) is 0.974. The molecular formula is C18H22N4O2S. The first-order valence-corrected chi connectivity index (χ1v) is 9.35. The third-order valence-corrected chi connectivity index (χ3v) is 5.43. The van der Waals surface area contributed by atoms with Gasteiger partial charge in [-0.25, -0.2) is 9.78 Å². The number of fused-ring (bicyclic) bond motifs is 1. The third-order valence-electron chi connectivity index (χ3n) is 4.65. The number of hydrogen-bond acceptors (Lipinski definition) is 6. The van der Waals surface area contributed by atoms with E-state index in [-0.39, 0.29) is 11.5 Å². The van der Waals surface area contributed by atoms with Gasteiger partial charge in [-0.15, -0.1) is 0 Å². The molecular weight excluding hydrogens is 336 g/mol. The van der Waals surface area contributed by atoms with Crippen LogP contribution in [0.4, 0.5) is 15.6 Å². The highest BCUT2D eigenvalue weighted by molar-refractivity contribution is 7.09. The summed E-state index contributed by atoms with van der Waals surface area (Å²) in [5.74, 6) is 0.895. The van der Waals surface area contributed by atoms with Gasteiger partial charge in [0, 0.05) is 30.0 Å². The zero-order chi connectivity index (χ0) is 17.6. The Morgan fingerprint density at radius 1 is 1.24 bits per heavy atom. The van der Waals surface area contributed by atoms with Crippen LogP contribution < -0.4 is 9.80 Å². The molecule has 1 aromatic heterocycles. The van der Waals surface area contributed by atoms with Gasteiger partial charge in [-0.05, 0) is 23.6 Å². The molecule has 0 radical (unpaired) electrons. The van der Waals surface area contributed by atoms with Crippen LogP contribution in [0, 0.1) is 0 Å². The van der Waals surface area contributed by atoms with Gasteiger partial charge in [0.15, 0.2) is 0 Å².